The fourth-order valence-corrected chi connectivity index (χ4v) is 1.51. The van der Waals surface area contributed by atoms with Crippen LogP contribution < -0.4 is 5.32 Å². The van der Waals surface area contributed by atoms with Gasteiger partial charge in [0.1, 0.15) is 5.82 Å². The fraction of sp³-hybridized carbons (Fsp3) is 0.462. The van der Waals surface area contributed by atoms with E-state index in [1.165, 1.54) is 18.3 Å². The summed E-state index contributed by atoms with van der Waals surface area (Å²) in [6, 6.07) is 2.74. The zero-order chi connectivity index (χ0) is 13.5. The van der Waals surface area contributed by atoms with Crippen molar-refractivity contribution in [2.45, 2.75) is 33.1 Å². The van der Waals surface area contributed by atoms with E-state index in [4.69, 9.17) is 5.11 Å². The SMILES string of the molecule is CC(C)CCCC(=O)Nc1cc(C(=O)O)ccn1. The molecule has 0 fully saturated rings. The van der Waals surface area contributed by atoms with Crippen molar-refractivity contribution in [3.8, 4) is 0 Å². The maximum absolute atomic E-state index is 11.6. The highest BCUT2D eigenvalue weighted by molar-refractivity contribution is 5.92. The van der Waals surface area contributed by atoms with Gasteiger partial charge < -0.3 is 10.4 Å². The minimum atomic E-state index is -1.03. The van der Waals surface area contributed by atoms with Crippen molar-refractivity contribution in [1.82, 2.24) is 4.98 Å². The van der Waals surface area contributed by atoms with Crippen LogP contribution in [0.4, 0.5) is 5.82 Å². The van der Waals surface area contributed by atoms with E-state index < -0.39 is 5.97 Å². The van der Waals surface area contributed by atoms with E-state index in [-0.39, 0.29) is 17.3 Å². The van der Waals surface area contributed by atoms with Crippen LogP contribution in [0.1, 0.15) is 43.5 Å². The lowest BCUT2D eigenvalue weighted by Gasteiger charge is -2.06. The van der Waals surface area contributed by atoms with Crippen molar-refractivity contribution in [2.24, 2.45) is 5.92 Å². The Labute approximate surface area is 106 Å². The van der Waals surface area contributed by atoms with Crippen LogP contribution in [0.3, 0.4) is 0 Å². The fourth-order valence-electron chi connectivity index (χ4n) is 1.51. The second kappa shape index (κ2) is 6.74. The van der Waals surface area contributed by atoms with Crippen molar-refractivity contribution < 1.29 is 14.7 Å². The van der Waals surface area contributed by atoms with Gasteiger partial charge in [0.2, 0.25) is 5.91 Å². The first kappa shape index (κ1) is 14.2. The summed E-state index contributed by atoms with van der Waals surface area (Å²) in [4.78, 5) is 26.2. The van der Waals surface area contributed by atoms with Crippen LogP contribution in [0, 0.1) is 5.92 Å². The summed E-state index contributed by atoms with van der Waals surface area (Å²) >= 11 is 0. The highest BCUT2D eigenvalue weighted by atomic mass is 16.4. The van der Waals surface area contributed by atoms with E-state index in [9.17, 15) is 9.59 Å². The number of carbonyl (C=O) groups is 2. The van der Waals surface area contributed by atoms with Gasteiger partial charge in [0.05, 0.1) is 5.56 Å². The highest BCUT2D eigenvalue weighted by Crippen LogP contribution is 2.10. The van der Waals surface area contributed by atoms with Gasteiger partial charge in [-0.2, -0.15) is 0 Å². The van der Waals surface area contributed by atoms with Gasteiger partial charge >= 0.3 is 5.97 Å². The third kappa shape index (κ3) is 4.95. The molecule has 0 unspecified atom stereocenters. The van der Waals surface area contributed by atoms with Crippen LogP contribution in [0.15, 0.2) is 18.3 Å². The van der Waals surface area contributed by atoms with Crippen LogP contribution in [0.2, 0.25) is 0 Å². The third-order valence-corrected chi connectivity index (χ3v) is 2.46. The molecule has 1 rings (SSSR count). The summed E-state index contributed by atoms with van der Waals surface area (Å²) in [6.45, 7) is 4.21. The monoisotopic (exact) mass is 250 g/mol. The molecule has 18 heavy (non-hydrogen) atoms. The molecule has 1 amide bonds. The number of anilines is 1. The molecule has 0 atom stereocenters. The molecule has 0 radical (unpaired) electrons. The van der Waals surface area contributed by atoms with Gasteiger partial charge in [-0.25, -0.2) is 9.78 Å². The molecule has 0 saturated heterocycles. The summed E-state index contributed by atoms with van der Waals surface area (Å²) < 4.78 is 0. The third-order valence-electron chi connectivity index (χ3n) is 2.46. The molecule has 0 aliphatic carbocycles. The number of carboxylic acid groups (broad SMARTS) is 1. The van der Waals surface area contributed by atoms with Crippen molar-refractivity contribution in [1.29, 1.82) is 0 Å². The van der Waals surface area contributed by atoms with Crippen LogP contribution in [-0.4, -0.2) is 22.0 Å². The van der Waals surface area contributed by atoms with E-state index in [0.717, 1.165) is 12.8 Å². The molecule has 5 heteroatoms. The Morgan fingerprint density at radius 3 is 2.78 bits per heavy atom. The predicted octanol–water partition coefficient (Wildman–Crippen LogP) is 2.54. The lowest BCUT2D eigenvalue weighted by atomic mass is 10.1. The lowest BCUT2D eigenvalue weighted by Crippen LogP contribution is -2.13. The molecule has 1 aromatic rings. The number of hydrogen-bond donors (Lipinski definition) is 2. The van der Waals surface area contributed by atoms with Gasteiger partial charge in [-0.15, -0.1) is 0 Å². The van der Waals surface area contributed by atoms with E-state index in [1.807, 2.05) is 0 Å². The molecule has 0 aromatic carbocycles. The number of hydrogen-bond acceptors (Lipinski definition) is 3. The maximum atomic E-state index is 11.6. The molecule has 1 heterocycles. The molecule has 0 spiro atoms. The summed E-state index contributed by atoms with van der Waals surface area (Å²) in [7, 11) is 0. The van der Waals surface area contributed by atoms with E-state index in [2.05, 4.69) is 24.1 Å². The molecule has 5 nitrogen and oxygen atoms in total. The average Bonchev–Trinajstić information content (AvgIpc) is 2.28. The number of amides is 1. The molecule has 2 N–H and O–H groups in total. The minimum absolute atomic E-state index is 0.113. The zero-order valence-electron chi connectivity index (χ0n) is 10.6. The van der Waals surface area contributed by atoms with Gasteiger partial charge in [-0.1, -0.05) is 20.3 Å². The Bertz CT molecular complexity index is 430. The Morgan fingerprint density at radius 1 is 1.44 bits per heavy atom. The standard InChI is InChI=1S/C13H18N2O3/c1-9(2)4-3-5-12(16)15-11-8-10(13(17)18)6-7-14-11/h6-9H,3-5H2,1-2H3,(H,17,18)(H,14,15,16). The first-order valence-electron chi connectivity index (χ1n) is 5.98. The van der Waals surface area contributed by atoms with Crippen LogP contribution in [0.25, 0.3) is 0 Å². The van der Waals surface area contributed by atoms with Crippen LogP contribution in [-0.2, 0) is 4.79 Å². The van der Waals surface area contributed by atoms with Crippen molar-refractivity contribution in [3.05, 3.63) is 23.9 Å². The number of carbonyl (C=O) groups excluding carboxylic acids is 1. The first-order chi connectivity index (χ1) is 8.49. The molecular formula is C13H18N2O3. The Balaban J connectivity index is 2.49. The number of nitrogens with zero attached hydrogens (tertiary/aromatic N) is 1. The van der Waals surface area contributed by atoms with E-state index >= 15 is 0 Å². The molecular weight excluding hydrogens is 232 g/mol. The van der Waals surface area contributed by atoms with E-state index in [0.29, 0.717) is 12.3 Å². The number of pyridine rings is 1. The second-order valence-corrected chi connectivity index (χ2v) is 4.57. The summed E-state index contributed by atoms with van der Waals surface area (Å²) in [6.07, 6.45) is 3.61. The molecule has 0 bridgehead atoms. The van der Waals surface area contributed by atoms with Gasteiger partial charge in [0, 0.05) is 12.6 Å². The number of aromatic carboxylic acids is 1. The molecule has 0 saturated carbocycles. The highest BCUT2D eigenvalue weighted by Gasteiger charge is 2.07. The van der Waals surface area contributed by atoms with Crippen LogP contribution >= 0.6 is 0 Å². The zero-order valence-corrected chi connectivity index (χ0v) is 10.6. The molecule has 0 aliphatic heterocycles. The number of aromatic nitrogens is 1. The minimum Gasteiger partial charge on any atom is -0.478 e. The van der Waals surface area contributed by atoms with Gasteiger partial charge in [0.15, 0.2) is 0 Å². The topological polar surface area (TPSA) is 79.3 Å². The van der Waals surface area contributed by atoms with E-state index in [1.54, 1.807) is 0 Å². The largest absolute Gasteiger partial charge is 0.478 e. The number of carboxylic acids is 1. The summed E-state index contributed by atoms with van der Waals surface area (Å²) in [5, 5.41) is 11.4. The van der Waals surface area contributed by atoms with Crippen molar-refractivity contribution in [2.75, 3.05) is 5.32 Å². The number of nitrogens with one attached hydrogen (secondary N) is 1. The van der Waals surface area contributed by atoms with Gasteiger partial charge in [0.25, 0.3) is 0 Å². The summed E-state index contributed by atoms with van der Waals surface area (Å²) in [5.74, 6) is -0.311. The van der Waals surface area contributed by atoms with Gasteiger partial charge in [-0.05, 0) is 24.5 Å². The Hall–Kier alpha value is -1.91. The van der Waals surface area contributed by atoms with Crippen molar-refractivity contribution >= 4 is 17.7 Å². The van der Waals surface area contributed by atoms with Crippen LogP contribution in [0.5, 0.6) is 0 Å². The smallest absolute Gasteiger partial charge is 0.335 e. The number of rotatable bonds is 6. The Morgan fingerprint density at radius 2 is 2.17 bits per heavy atom. The summed E-state index contributed by atoms with van der Waals surface area (Å²) in [5.41, 5.74) is 0.113. The molecule has 0 aliphatic rings. The maximum Gasteiger partial charge on any atom is 0.335 e. The normalized spacial score (nSPS) is 10.4. The molecule has 1 aromatic heterocycles. The predicted molar refractivity (Wildman–Crippen MR) is 68.5 cm³/mol. The quantitative estimate of drug-likeness (QED) is 0.813. The average molecular weight is 250 g/mol. The first-order valence-corrected chi connectivity index (χ1v) is 5.98. The second-order valence-electron chi connectivity index (χ2n) is 4.57. The molecule has 98 valence electrons. The van der Waals surface area contributed by atoms with Crippen molar-refractivity contribution in [3.63, 3.8) is 0 Å². The Kier molecular flexibility index (Phi) is 5.30. The lowest BCUT2D eigenvalue weighted by molar-refractivity contribution is -0.116. The van der Waals surface area contributed by atoms with Gasteiger partial charge in [-0.3, -0.25) is 4.79 Å².